The number of unbranched alkanes of at least 4 members (excludes halogenated alkanes) is 3. The average Bonchev–Trinajstić information content (AvgIpc) is 2.56. The molecule has 1 aromatic carbocycles. The quantitative estimate of drug-likeness (QED) is 0.568. The largest absolute Gasteiger partial charge is 0.493 e. The summed E-state index contributed by atoms with van der Waals surface area (Å²) in [6, 6.07) is 9.09. The van der Waals surface area contributed by atoms with E-state index in [1.165, 1.54) is 6.07 Å². The average molecular weight is 317 g/mol. The highest BCUT2D eigenvalue weighted by molar-refractivity contribution is 5.84. The van der Waals surface area contributed by atoms with Crippen molar-refractivity contribution in [3.05, 3.63) is 40.7 Å². The molecule has 0 saturated carbocycles. The molecule has 2 rings (SSSR count). The first-order valence-electron chi connectivity index (χ1n) is 8.11. The summed E-state index contributed by atoms with van der Waals surface area (Å²) in [5, 5.41) is 0.915. The molecule has 1 N–H and O–H groups in total. The van der Waals surface area contributed by atoms with E-state index in [-0.39, 0.29) is 11.5 Å². The number of esters is 1. The van der Waals surface area contributed by atoms with Gasteiger partial charge in [-0.15, -0.1) is 0 Å². The third-order valence-corrected chi connectivity index (χ3v) is 3.56. The van der Waals surface area contributed by atoms with Crippen LogP contribution in [0.5, 0.6) is 5.75 Å². The Morgan fingerprint density at radius 1 is 1.09 bits per heavy atom. The van der Waals surface area contributed by atoms with E-state index in [9.17, 15) is 9.59 Å². The maximum absolute atomic E-state index is 11.6. The van der Waals surface area contributed by atoms with Gasteiger partial charge < -0.3 is 14.5 Å². The van der Waals surface area contributed by atoms with Gasteiger partial charge in [0.1, 0.15) is 5.75 Å². The fraction of sp³-hybridized carbons (Fsp3) is 0.444. The molecule has 0 fully saturated rings. The lowest BCUT2D eigenvalue weighted by atomic mass is 10.2. The van der Waals surface area contributed by atoms with Gasteiger partial charge in [-0.05, 0) is 37.8 Å². The predicted molar refractivity (Wildman–Crippen MR) is 89.8 cm³/mol. The van der Waals surface area contributed by atoms with Gasteiger partial charge in [0.05, 0.1) is 18.7 Å². The fourth-order valence-electron chi connectivity index (χ4n) is 2.32. The standard InChI is InChI=1S/C18H23NO4/c1-2-18(21)23-12-8-4-3-7-11-22-16-13-17(20)19-15-10-6-5-9-14(15)16/h5-6,9-10,13H,2-4,7-8,11-12H2,1H3,(H,19,20). The number of pyridine rings is 1. The number of carbonyl (C=O) groups is 1. The molecule has 0 radical (unpaired) electrons. The van der Waals surface area contributed by atoms with E-state index in [0.29, 0.717) is 25.4 Å². The van der Waals surface area contributed by atoms with Gasteiger partial charge in [-0.2, -0.15) is 0 Å². The van der Waals surface area contributed by atoms with Crippen LogP contribution in [0.4, 0.5) is 0 Å². The van der Waals surface area contributed by atoms with Crippen molar-refractivity contribution >= 4 is 16.9 Å². The third-order valence-electron chi connectivity index (χ3n) is 3.56. The molecule has 0 unspecified atom stereocenters. The molecule has 5 heteroatoms. The molecule has 0 aliphatic carbocycles. The lowest BCUT2D eigenvalue weighted by Gasteiger charge is -2.09. The van der Waals surface area contributed by atoms with Crippen LogP contribution in [0.25, 0.3) is 10.9 Å². The zero-order valence-corrected chi connectivity index (χ0v) is 13.5. The Labute approximate surface area is 135 Å². The molecule has 0 saturated heterocycles. The minimum atomic E-state index is -0.156. The molecule has 2 aromatic rings. The predicted octanol–water partition coefficient (Wildman–Crippen LogP) is 3.42. The van der Waals surface area contributed by atoms with Crippen LogP contribution in [0.3, 0.4) is 0 Å². The second-order valence-electron chi connectivity index (χ2n) is 5.38. The molecule has 1 heterocycles. The zero-order chi connectivity index (χ0) is 16.5. The summed E-state index contributed by atoms with van der Waals surface area (Å²) in [5.41, 5.74) is 0.629. The number of para-hydroxylation sites is 1. The lowest BCUT2D eigenvalue weighted by Crippen LogP contribution is -2.07. The number of nitrogens with one attached hydrogen (secondary N) is 1. The maximum Gasteiger partial charge on any atom is 0.305 e. The van der Waals surface area contributed by atoms with Crippen molar-refractivity contribution in [2.45, 2.75) is 39.0 Å². The van der Waals surface area contributed by atoms with E-state index in [1.807, 2.05) is 24.3 Å². The summed E-state index contributed by atoms with van der Waals surface area (Å²) in [4.78, 5) is 25.4. The number of fused-ring (bicyclic) bond motifs is 1. The number of aromatic amines is 1. The van der Waals surface area contributed by atoms with Crippen molar-refractivity contribution in [3.63, 3.8) is 0 Å². The molecule has 0 atom stereocenters. The molecule has 0 aliphatic rings. The Hall–Kier alpha value is -2.30. The van der Waals surface area contributed by atoms with Crippen LogP contribution in [-0.4, -0.2) is 24.2 Å². The van der Waals surface area contributed by atoms with E-state index in [4.69, 9.17) is 9.47 Å². The van der Waals surface area contributed by atoms with Gasteiger partial charge in [0.25, 0.3) is 5.56 Å². The van der Waals surface area contributed by atoms with E-state index < -0.39 is 0 Å². The fourth-order valence-corrected chi connectivity index (χ4v) is 2.32. The highest BCUT2D eigenvalue weighted by Crippen LogP contribution is 2.21. The Balaban J connectivity index is 1.71. The smallest absolute Gasteiger partial charge is 0.305 e. The molecule has 5 nitrogen and oxygen atoms in total. The normalized spacial score (nSPS) is 10.7. The number of hydrogen-bond acceptors (Lipinski definition) is 4. The number of hydrogen-bond donors (Lipinski definition) is 1. The van der Waals surface area contributed by atoms with Crippen molar-refractivity contribution in [2.24, 2.45) is 0 Å². The van der Waals surface area contributed by atoms with Gasteiger partial charge in [0.15, 0.2) is 0 Å². The van der Waals surface area contributed by atoms with Crippen LogP contribution in [0.15, 0.2) is 35.1 Å². The molecule has 23 heavy (non-hydrogen) atoms. The maximum atomic E-state index is 11.6. The Kier molecular flexibility index (Phi) is 6.66. The van der Waals surface area contributed by atoms with Crippen LogP contribution < -0.4 is 10.3 Å². The van der Waals surface area contributed by atoms with Gasteiger partial charge in [-0.3, -0.25) is 9.59 Å². The van der Waals surface area contributed by atoms with Gasteiger partial charge in [-0.1, -0.05) is 19.1 Å². The van der Waals surface area contributed by atoms with Gasteiger partial charge in [0, 0.05) is 17.9 Å². The van der Waals surface area contributed by atoms with Gasteiger partial charge >= 0.3 is 5.97 Å². The number of H-pyrrole nitrogens is 1. The van der Waals surface area contributed by atoms with E-state index in [2.05, 4.69) is 4.98 Å². The van der Waals surface area contributed by atoms with E-state index >= 15 is 0 Å². The summed E-state index contributed by atoms with van der Waals surface area (Å²) in [6.07, 6.45) is 4.21. The monoisotopic (exact) mass is 317 g/mol. The second-order valence-corrected chi connectivity index (χ2v) is 5.38. The highest BCUT2D eigenvalue weighted by atomic mass is 16.5. The number of benzene rings is 1. The number of rotatable bonds is 9. The Morgan fingerprint density at radius 2 is 1.83 bits per heavy atom. The molecule has 0 aliphatic heterocycles. The lowest BCUT2D eigenvalue weighted by molar-refractivity contribution is -0.143. The topological polar surface area (TPSA) is 68.4 Å². The Bertz CT molecular complexity index is 693. The molecule has 124 valence electrons. The summed E-state index contributed by atoms with van der Waals surface area (Å²) < 4.78 is 10.8. The minimum Gasteiger partial charge on any atom is -0.493 e. The van der Waals surface area contributed by atoms with E-state index in [0.717, 1.165) is 36.6 Å². The van der Waals surface area contributed by atoms with Gasteiger partial charge in [0.2, 0.25) is 0 Å². The minimum absolute atomic E-state index is 0.144. The van der Waals surface area contributed by atoms with Crippen molar-refractivity contribution < 1.29 is 14.3 Å². The molecule has 0 amide bonds. The van der Waals surface area contributed by atoms with Crippen LogP contribution >= 0.6 is 0 Å². The molecule has 0 bridgehead atoms. The highest BCUT2D eigenvalue weighted by Gasteiger charge is 2.04. The number of aromatic nitrogens is 1. The van der Waals surface area contributed by atoms with Crippen LogP contribution in [0.2, 0.25) is 0 Å². The first-order valence-corrected chi connectivity index (χ1v) is 8.11. The third kappa shape index (κ3) is 5.43. The van der Waals surface area contributed by atoms with E-state index in [1.54, 1.807) is 6.92 Å². The first-order chi connectivity index (χ1) is 11.2. The van der Waals surface area contributed by atoms with Gasteiger partial charge in [-0.25, -0.2) is 0 Å². The van der Waals surface area contributed by atoms with Crippen molar-refractivity contribution in [1.82, 2.24) is 4.98 Å². The molecule has 1 aromatic heterocycles. The Morgan fingerprint density at radius 3 is 2.61 bits per heavy atom. The summed E-state index contributed by atoms with van der Waals surface area (Å²) in [7, 11) is 0. The van der Waals surface area contributed by atoms with Crippen molar-refractivity contribution in [1.29, 1.82) is 0 Å². The second kappa shape index (κ2) is 8.98. The van der Waals surface area contributed by atoms with Crippen molar-refractivity contribution in [3.8, 4) is 5.75 Å². The summed E-state index contributed by atoms with van der Waals surface area (Å²) in [6.45, 7) is 2.85. The zero-order valence-electron chi connectivity index (χ0n) is 13.5. The summed E-state index contributed by atoms with van der Waals surface area (Å²) in [5.74, 6) is 0.482. The summed E-state index contributed by atoms with van der Waals surface area (Å²) >= 11 is 0. The molecular formula is C18H23NO4. The first kappa shape index (κ1) is 17.1. The SMILES string of the molecule is CCC(=O)OCCCCCCOc1cc(=O)[nH]c2ccccc12. The molecular weight excluding hydrogens is 294 g/mol. The number of carbonyl (C=O) groups excluding carboxylic acids is 1. The van der Waals surface area contributed by atoms with Crippen LogP contribution in [0.1, 0.15) is 39.0 Å². The van der Waals surface area contributed by atoms with Crippen LogP contribution in [0, 0.1) is 0 Å². The number of ether oxygens (including phenoxy) is 2. The van der Waals surface area contributed by atoms with Crippen molar-refractivity contribution in [2.75, 3.05) is 13.2 Å². The van der Waals surface area contributed by atoms with Crippen LogP contribution in [-0.2, 0) is 9.53 Å². The molecule has 0 spiro atoms.